The second kappa shape index (κ2) is 6.33. The van der Waals surface area contributed by atoms with E-state index in [0.29, 0.717) is 0 Å². The third-order valence-electron chi connectivity index (χ3n) is 5.20. The molecule has 5 aromatic rings. The summed E-state index contributed by atoms with van der Waals surface area (Å²) in [5.74, 6) is 0. The first-order valence-electron chi connectivity index (χ1n) is 9.22. The molecule has 0 aliphatic rings. The minimum absolute atomic E-state index is 1.14. The van der Waals surface area contributed by atoms with Crippen molar-refractivity contribution in [1.29, 1.82) is 0 Å². The van der Waals surface area contributed by atoms with Crippen LogP contribution in [0, 0.1) is 0 Å². The summed E-state index contributed by atoms with van der Waals surface area (Å²) in [6, 6.07) is 34.4. The van der Waals surface area contributed by atoms with Gasteiger partial charge >= 0.3 is 0 Å². The Morgan fingerprint density at radius 3 is 2.19 bits per heavy atom. The van der Waals surface area contributed by atoms with Crippen LogP contribution >= 0.6 is 0 Å². The van der Waals surface area contributed by atoms with E-state index in [4.69, 9.17) is 0 Å². The molecule has 0 saturated carbocycles. The Kier molecular flexibility index (Phi) is 3.68. The Morgan fingerprint density at radius 2 is 1.33 bits per heavy atom. The molecule has 5 rings (SSSR count). The molecule has 0 atom stereocenters. The summed E-state index contributed by atoms with van der Waals surface area (Å²) in [6.07, 6.45) is 0. The Balaban J connectivity index is 1.86. The molecule has 1 heterocycles. The maximum absolute atomic E-state index is 3.31. The monoisotopic (exact) mass is 348 g/mol. The zero-order chi connectivity index (χ0) is 18.2. The first kappa shape index (κ1) is 15.7. The fourth-order valence-corrected chi connectivity index (χ4v) is 3.95. The molecule has 27 heavy (non-hydrogen) atoms. The van der Waals surface area contributed by atoms with Crippen molar-refractivity contribution in [3.8, 4) is 16.8 Å². The highest BCUT2D eigenvalue weighted by atomic mass is 15.0. The predicted molar refractivity (Wildman–Crippen MR) is 116 cm³/mol. The van der Waals surface area contributed by atoms with Crippen molar-refractivity contribution in [3.05, 3.63) is 97.1 Å². The average Bonchev–Trinajstić information content (AvgIpc) is 3.08. The van der Waals surface area contributed by atoms with E-state index in [1.54, 1.807) is 0 Å². The van der Waals surface area contributed by atoms with Gasteiger partial charge in [0.1, 0.15) is 0 Å². The van der Waals surface area contributed by atoms with Gasteiger partial charge in [-0.1, -0.05) is 66.7 Å². The van der Waals surface area contributed by atoms with Gasteiger partial charge in [-0.25, -0.2) is 0 Å². The molecule has 1 aromatic heterocycles. The number of nitrogens with one attached hydrogen (secondary N) is 1. The van der Waals surface area contributed by atoms with Crippen LogP contribution in [0.2, 0.25) is 0 Å². The van der Waals surface area contributed by atoms with Gasteiger partial charge in [0.15, 0.2) is 0 Å². The summed E-state index contributed by atoms with van der Waals surface area (Å²) in [6.45, 7) is 0. The van der Waals surface area contributed by atoms with E-state index in [1.807, 2.05) is 7.05 Å². The van der Waals surface area contributed by atoms with E-state index in [1.165, 1.54) is 38.6 Å². The van der Waals surface area contributed by atoms with Gasteiger partial charge in [-0.05, 0) is 35.9 Å². The first-order valence-corrected chi connectivity index (χ1v) is 9.22. The lowest BCUT2D eigenvalue weighted by Gasteiger charge is -2.11. The molecule has 0 aliphatic carbocycles. The van der Waals surface area contributed by atoms with Crippen LogP contribution in [0.25, 0.3) is 38.6 Å². The molecule has 4 aromatic carbocycles. The van der Waals surface area contributed by atoms with Crippen LogP contribution in [0.5, 0.6) is 0 Å². The van der Waals surface area contributed by atoms with Crippen LogP contribution in [0.1, 0.15) is 0 Å². The van der Waals surface area contributed by atoms with Crippen molar-refractivity contribution in [2.75, 3.05) is 12.4 Å². The van der Waals surface area contributed by atoms with Crippen LogP contribution in [0.3, 0.4) is 0 Å². The molecule has 0 saturated heterocycles. The van der Waals surface area contributed by atoms with Crippen molar-refractivity contribution >= 4 is 27.5 Å². The molecule has 1 N–H and O–H groups in total. The van der Waals surface area contributed by atoms with Gasteiger partial charge in [0.05, 0.1) is 11.0 Å². The maximum Gasteiger partial charge on any atom is 0.0547 e. The average molecular weight is 348 g/mol. The number of fused-ring (bicyclic) bond motifs is 3. The van der Waals surface area contributed by atoms with E-state index in [-0.39, 0.29) is 0 Å². The van der Waals surface area contributed by atoms with Crippen LogP contribution in [0.15, 0.2) is 97.1 Å². The van der Waals surface area contributed by atoms with E-state index in [9.17, 15) is 0 Å². The molecular weight excluding hydrogens is 328 g/mol. The zero-order valence-corrected chi connectivity index (χ0v) is 15.2. The van der Waals surface area contributed by atoms with Crippen molar-refractivity contribution in [3.63, 3.8) is 0 Å². The van der Waals surface area contributed by atoms with E-state index >= 15 is 0 Å². The smallest absolute Gasteiger partial charge is 0.0547 e. The lowest BCUT2D eigenvalue weighted by atomic mass is 10.0. The standard InChI is InChI=1S/C25H20N2/c1-26-23-13-7-5-11-20(23)18-15-16-22-21-12-6-8-14-24(21)27(25(22)17-18)19-9-3-2-4-10-19/h2-17,26H,1H3. The highest BCUT2D eigenvalue weighted by Gasteiger charge is 2.13. The lowest BCUT2D eigenvalue weighted by molar-refractivity contribution is 1.18. The van der Waals surface area contributed by atoms with Gasteiger partial charge in [0.25, 0.3) is 0 Å². The molecule has 0 fully saturated rings. The zero-order valence-electron chi connectivity index (χ0n) is 15.2. The summed E-state index contributed by atoms with van der Waals surface area (Å²) >= 11 is 0. The van der Waals surface area contributed by atoms with Crippen molar-refractivity contribution in [2.24, 2.45) is 0 Å². The van der Waals surface area contributed by atoms with Gasteiger partial charge in [-0.2, -0.15) is 0 Å². The number of hydrogen-bond donors (Lipinski definition) is 1. The summed E-state index contributed by atoms with van der Waals surface area (Å²) < 4.78 is 2.36. The van der Waals surface area contributed by atoms with E-state index < -0.39 is 0 Å². The summed E-state index contributed by atoms with van der Waals surface area (Å²) in [4.78, 5) is 0. The van der Waals surface area contributed by atoms with Gasteiger partial charge in [0.2, 0.25) is 0 Å². The van der Waals surface area contributed by atoms with Crippen LogP contribution in [0.4, 0.5) is 5.69 Å². The SMILES string of the molecule is CNc1ccccc1-c1ccc2c3ccccc3n(-c3ccccc3)c2c1. The number of aromatic nitrogens is 1. The first-order chi connectivity index (χ1) is 13.4. The molecule has 130 valence electrons. The largest absolute Gasteiger partial charge is 0.388 e. The number of rotatable bonds is 3. The van der Waals surface area contributed by atoms with Gasteiger partial charge in [-0.15, -0.1) is 0 Å². The minimum Gasteiger partial charge on any atom is -0.388 e. The maximum atomic E-state index is 3.31. The molecule has 2 nitrogen and oxygen atoms in total. The molecule has 0 radical (unpaired) electrons. The molecule has 0 bridgehead atoms. The predicted octanol–water partition coefficient (Wildman–Crippen LogP) is 6.49. The third kappa shape index (κ3) is 2.49. The molecule has 0 spiro atoms. The second-order valence-electron chi connectivity index (χ2n) is 6.72. The quantitative estimate of drug-likeness (QED) is 0.394. The van der Waals surface area contributed by atoms with Gasteiger partial charge in [-0.3, -0.25) is 0 Å². The third-order valence-corrected chi connectivity index (χ3v) is 5.20. The Morgan fingerprint density at radius 1 is 0.630 bits per heavy atom. The van der Waals surface area contributed by atoms with Crippen molar-refractivity contribution < 1.29 is 0 Å². The van der Waals surface area contributed by atoms with Crippen LogP contribution in [-0.2, 0) is 0 Å². The normalized spacial score (nSPS) is 11.1. The van der Waals surface area contributed by atoms with E-state index in [2.05, 4.69) is 107 Å². The summed E-state index contributed by atoms with van der Waals surface area (Å²) in [5.41, 5.74) is 7.21. The molecule has 0 unspecified atom stereocenters. The topological polar surface area (TPSA) is 17.0 Å². The van der Waals surface area contributed by atoms with Gasteiger partial charge < -0.3 is 9.88 Å². The molecule has 2 heteroatoms. The Labute approximate surface area is 158 Å². The van der Waals surface area contributed by atoms with Crippen LogP contribution < -0.4 is 5.32 Å². The molecule has 0 amide bonds. The Bertz CT molecular complexity index is 1250. The van der Waals surface area contributed by atoms with Crippen molar-refractivity contribution in [2.45, 2.75) is 0 Å². The Hall–Kier alpha value is -3.52. The summed E-state index contributed by atoms with van der Waals surface area (Å²) in [5, 5.41) is 5.87. The number of hydrogen-bond acceptors (Lipinski definition) is 1. The van der Waals surface area contributed by atoms with Crippen molar-refractivity contribution in [1.82, 2.24) is 4.57 Å². The summed E-state index contributed by atoms with van der Waals surface area (Å²) in [7, 11) is 1.97. The second-order valence-corrected chi connectivity index (χ2v) is 6.72. The highest BCUT2D eigenvalue weighted by Crippen LogP contribution is 2.36. The van der Waals surface area contributed by atoms with E-state index in [0.717, 1.165) is 5.69 Å². The minimum atomic E-state index is 1.14. The van der Waals surface area contributed by atoms with Gasteiger partial charge in [0, 0.05) is 34.8 Å². The van der Waals surface area contributed by atoms with Crippen LogP contribution in [-0.4, -0.2) is 11.6 Å². The fraction of sp³-hybridized carbons (Fsp3) is 0.0400. The number of anilines is 1. The molecule has 0 aliphatic heterocycles. The number of benzene rings is 4. The number of para-hydroxylation sites is 3. The highest BCUT2D eigenvalue weighted by molar-refractivity contribution is 6.10. The fourth-order valence-electron chi connectivity index (χ4n) is 3.95. The molecular formula is C25H20N2. The lowest BCUT2D eigenvalue weighted by Crippen LogP contribution is -1.94. The number of nitrogens with zero attached hydrogens (tertiary/aromatic N) is 1.